The van der Waals surface area contributed by atoms with Crippen LogP contribution in [0.5, 0.6) is 0 Å². The first-order valence-electron chi connectivity index (χ1n) is 14.1. The van der Waals surface area contributed by atoms with Crippen LogP contribution in [0.4, 0.5) is 31.0 Å². The number of benzene rings is 3. The van der Waals surface area contributed by atoms with Crippen LogP contribution in [0.15, 0.2) is 82.7 Å². The van der Waals surface area contributed by atoms with E-state index in [1.54, 1.807) is 47.2 Å². The number of aliphatic imine (C=N–C) groups is 1. The Morgan fingerprint density at radius 2 is 1.75 bits per heavy atom. The van der Waals surface area contributed by atoms with Crippen LogP contribution in [-0.2, 0) is 26.1 Å². The van der Waals surface area contributed by atoms with Crippen LogP contribution >= 0.6 is 0 Å². The molecule has 0 aromatic heterocycles. The monoisotopic (exact) mass is 622 g/mol. The minimum absolute atomic E-state index is 0.00519. The van der Waals surface area contributed by atoms with Crippen molar-refractivity contribution in [3.8, 4) is 0 Å². The number of ether oxygens (including phenoxy) is 2. The van der Waals surface area contributed by atoms with Crippen molar-refractivity contribution < 1.29 is 31.9 Å². The van der Waals surface area contributed by atoms with E-state index in [4.69, 9.17) is 9.47 Å². The van der Waals surface area contributed by atoms with Gasteiger partial charge in [-0.25, -0.2) is 32.1 Å². The Balaban J connectivity index is 1.04. The van der Waals surface area contributed by atoms with Gasteiger partial charge in [0.1, 0.15) is 23.4 Å². The molecule has 0 unspecified atom stereocenters. The molecule has 0 aliphatic carbocycles. The normalized spacial score (nSPS) is 20.3. The summed E-state index contributed by atoms with van der Waals surface area (Å²) in [6.07, 6.45) is -1.72. The van der Waals surface area contributed by atoms with E-state index in [-0.39, 0.29) is 30.6 Å². The number of carbonyl (C=O) groups excluding carboxylic acids is 2. The van der Waals surface area contributed by atoms with Gasteiger partial charge in [0.15, 0.2) is 0 Å². The predicted octanol–water partition coefficient (Wildman–Crippen LogP) is 3.39. The van der Waals surface area contributed by atoms with Crippen LogP contribution in [-0.4, -0.2) is 83.9 Å². The van der Waals surface area contributed by atoms with Gasteiger partial charge in [-0.15, -0.1) is 0 Å². The summed E-state index contributed by atoms with van der Waals surface area (Å²) in [6.45, 7) is 1.92. The lowest BCUT2D eigenvalue weighted by atomic mass is 10.2. The fraction of sp³-hybridized carbons (Fsp3) is 0.300. The number of guanidine groups is 1. The zero-order valence-electron chi connectivity index (χ0n) is 23.9. The van der Waals surface area contributed by atoms with Gasteiger partial charge in [-0.1, -0.05) is 42.5 Å². The Morgan fingerprint density at radius 1 is 1.02 bits per heavy atom. The first kappa shape index (κ1) is 29.2. The zero-order chi connectivity index (χ0) is 30.8. The quantitative estimate of drug-likeness (QED) is 0.444. The van der Waals surface area contributed by atoms with E-state index < -0.39 is 34.1 Å². The smallest absolute Gasteiger partial charge is 0.414 e. The summed E-state index contributed by atoms with van der Waals surface area (Å²) < 4.78 is 53.9. The Labute approximate surface area is 254 Å². The minimum Gasteiger partial charge on any atom is -0.445 e. The Morgan fingerprint density at radius 3 is 2.50 bits per heavy atom. The van der Waals surface area contributed by atoms with Crippen molar-refractivity contribution in [2.75, 3.05) is 61.0 Å². The highest BCUT2D eigenvalue weighted by Crippen LogP contribution is 2.30. The van der Waals surface area contributed by atoms with Crippen molar-refractivity contribution in [2.45, 2.75) is 17.6 Å². The van der Waals surface area contributed by atoms with Crippen molar-refractivity contribution in [3.05, 3.63) is 84.2 Å². The fourth-order valence-corrected chi connectivity index (χ4v) is 6.62. The molecule has 12 nitrogen and oxygen atoms in total. The average Bonchev–Trinajstić information content (AvgIpc) is 3.41. The van der Waals surface area contributed by atoms with Crippen LogP contribution in [0.25, 0.3) is 0 Å². The second kappa shape index (κ2) is 12.0. The molecule has 6 rings (SSSR count). The number of hydrogen-bond donors (Lipinski definition) is 1. The lowest BCUT2D eigenvalue weighted by Crippen LogP contribution is -2.49. The molecule has 2 fully saturated rings. The van der Waals surface area contributed by atoms with Gasteiger partial charge in [0.05, 0.1) is 30.2 Å². The van der Waals surface area contributed by atoms with Gasteiger partial charge in [0.25, 0.3) is 10.0 Å². The molecule has 1 atom stereocenters. The number of amides is 2. The summed E-state index contributed by atoms with van der Waals surface area (Å²) in [4.78, 5) is 36.1. The standard InChI is InChI=1S/C30H31FN6O6S/c1-34-26-9-5-6-10-27(26)44(40,41)33-28(34)32-18-23-19-37(30(39)43-23)22-11-12-25(24(31)17-22)35-13-15-36(16-14-35)29(38)42-20-21-7-3-2-4-8-21/h2-12,17,23H,13-16,18-20H2,1H3,(H,32,33)/t23-/m0/s1. The molecule has 0 bridgehead atoms. The van der Waals surface area contributed by atoms with Gasteiger partial charge in [0, 0.05) is 33.2 Å². The fourth-order valence-electron chi connectivity index (χ4n) is 5.33. The van der Waals surface area contributed by atoms with E-state index in [0.717, 1.165) is 5.56 Å². The molecule has 2 amide bonds. The second-order valence-electron chi connectivity index (χ2n) is 10.6. The van der Waals surface area contributed by atoms with Crippen molar-refractivity contribution in [1.29, 1.82) is 0 Å². The lowest BCUT2D eigenvalue weighted by Gasteiger charge is -2.35. The molecule has 3 aromatic carbocycles. The predicted molar refractivity (Wildman–Crippen MR) is 162 cm³/mol. The number of sulfonamides is 1. The molecule has 3 aromatic rings. The van der Waals surface area contributed by atoms with Crippen molar-refractivity contribution >= 4 is 45.2 Å². The third-order valence-electron chi connectivity index (χ3n) is 7.70. The van der Waals surface area contributed by atoms with E-state index in [9.17, 15) is 18.0 Å². The molecule has 0 saturated carbocycles. The van der Waals surface area contributed by atoms with Crippen LogP contribution < -0.4 is 19.4 Å². The van der Waals surface area contributed by atoms with Crippen LogP contribution in [0.3, 0.4) is 0 Å². The largest absolute Gasteiger partial charge is 0.445 e. The molecule has 1 N–H and O–H groups in total. The molecule has 3 aliphatic rings. The summed E-state index contributed by atoms with van der Waals surface area (Å²) >= 11 is 0. The van der Waals surface area contributed by atoms with Crippen molar-refractivity contribution in [2.24, 2.45) is 4.99 Å². The number of rotatable bonds is 6. The molecule has 3 heterocycles. The summed E-state index contributed by atoms with van der Waals surface area (Å²) in [6, 6.07) is 20.5. The van der Waals surface area contributed by atoms with Crippen molar-refractivity contribution in [1.82, 2.24) is 9.62 Å². The molecule has 44 heavy (non-hydrogen) atoms. The Hall–Kier alpha value is -4.85. The molecule has 2 saturated heterocycles. The number of carbonyl (C=O) groups is 2. The maximum absolute atomic E-state index is 15.3. The molecule has 0 radical (unpaired) electrons. The van der Waals surface area contributed by atoms with Gasteiger partial charge in [0.2, 0.25) is 5.96 Å². The van der Waals surface area contributed by atoms with E-state index in [1.807, 2.05) is 35.2 Å². The molecule has 3 aliphatic heterocycles. The average molecular weight is 623 g/mol. The number of para-hydroxylation sites is 1. The number of fused-ring (bicyclic) bond motifs is 1. The highest BCUT2D eigenvalue weighted by Gasteiger charge is 2.35. The summed E-state index contributed by atoms with van der Waals surface area (Å²) in [7, 11) is -2.10. The first-order chi connectivity index (χ1) is 21.2. The van der Waals surface area contributed by atoms with Gasteiger partial charge >= 0.3 is 12.2 Å². The van der Waals surface area contributed by atoms with Gasteiger partial charge in [-0.2, -0.15) is 0 Å². The van der Waals surface area contributed by atoms with Crippen LogP contribution in [0.2, 0.25) is 0 Å². The number of cyclic esters (lactones) is 1. The molecular weight excluding hydrogens is 591 g/mol. The summed E-state index contributed by atoms with van der Waals surface area (Å²) in [5.74, 6) is -0.394. The molecule has 14 heteroatoms. The van der Waals surface area contributed by atoms with Crippen molar-refractivity contribution in [3.63, 3.8) is 0 Å². The number of halogens is 1. The molecular formula is C30H31FN6O6S. The van der Waals surface area contributed by atoms with E-state index in [2.05, 4.69) is 9.71 Å². The van der Waals surface area contributed by atoms with E-state index in [0.29, 0.717) is 43.2 Å². The number of piperazine rings is 1. The van der Waals surface area contributed by atoms with Gasteiger partial charge < -0.3 is 24.2 Å². The van der Waals surface area contributed by atoms with Gasteiger partial charge in [-0.05, 0) is 35.9 Å². The summed E-state index contributed by atoms with van der Waals surface area (Å²) in [5, 5.41) is 0. The third-order valence-corrected chi connectivity index (χ3v) is 9.08. The SMILES string of the molecule is CN1C(=NC[C@H]2CN(c3ccc(N4CCN(C(=O)OCc5ccccc5)CC4)c(F)c3)C(=O)O2)NS(=O)(=O)c2ccccc21. The van der Waals surface area contributed by atoms with Crippen LogP contribution in [0.1, 0.15) is 5.56 Å². The minimum atomic E-state index is -3.79. The number of nitrogens with zero attached hydrogens (tertiary/aromatic N) is 5. The lowest BCUT2D eigenvalue weighted by molar-refractivity contribution is 0.0941. The van der Waals surface area contributed by atoms with E-state index >= 15 is 4.39 Å². The molecule has 230 valence electrons. The number of hydrogen-bond acceptors (Lipinski definition) is 8. The first-order valence-corrected chi connectivity index (χ1v) is 15.6. The Bertz CT molecular complexity index is 1700. The Kier molecular flexibility index (Phi) is 7.99. The third kappa shape index (κ3) is 5.97. The number of anilines is 3. The van der Waals surface area contributed by atoms with Gasteiger partial charge in [-0.3, -0.25) is 4.90 Å². The zero-order valence-corrected chi connectivity index (χ0v) is 24.7. The highest BCUT2D eigenvalue weighted by molar-refractivity contribution is 7.90. The topological polar surface area (TPSA) is 124 Å². The summed E-state index contributed by atoms with van der Waals surface area (Å²) in [5.41, 5.74) is 2.09. The van der Waals surface area contributed by atoms with E-state index in [1.165, 1.54) is 17.0 Å². The second-order valence-corrected chi connectivity index (χ2v) is 12.2. The molecule has 0 spiro atoms. The maximum Gasteiger partial charge on any atom is 0.414 e. The van der Waals surface area contributed by atoms with Crippen LogP contribution in [0, 0.1) is 5.82 Å². The number of nitrogens with one attached hydrogen (secondary N) is 1. The maximum atomic E-state index is 15.3. The highest BCUT2D eigenvalue weighted by atomic mass is 32.2.